The highest BCUT2D eigenvalue weighted by atomic mass is 16.4. The molecule has 0 aliphatic carbocycles. The first kappa shape index (κ1) is 26.7. The van der Waals surface area contributed by atoms with Crippen molar-refractivity contribution in [2.45, 2.75) is 24.5 Å². The molecule has 212 valence electrons. The van der Waals surface area contributed by atoms with Gasteiger partial charge in [-0.2, -0.15) is 0 Å². The second kappa shape index (κ2) is 10.6. The molecule has 7 rings (SSSR count). The van der Waals surface area contributed by atoms with E-state index in [1.54, 1.807) is 24.4 Å². The first-order chi connectivity index (χ1) is 20.9. The van der Waals surface area contributed by atoms with Crippen molar-refractivity contribution in [3.8, 4) is 11.1 Å². The van der Waals surface area contributed by atoms with E-state index < -0.39 is 35.3 Å². The Morgan fingerprint density at radius 3 is 2.21 bits per heavy atom. The summed E-state index contributed by atoms with van der Waals surface area (Å²) >= 11 is 0. The van der Waals surface area contributed by atoms with E-state index in [2.05, 4.69) is 10.3 Å². The third-order valence-electron chi connectivity index (χ3n) is 8.85. The van der Waals surface area contributed by atoms with Crippen LogP contribution in [-0.2, 0) is 27.3 Å². The molecule has 0 spiro atoms. The first-order valence-electron chi connectivity index (χ1n) is 14.3. The highest BCUT2D eigenvalue weighted by molar-refractivity contribution is 6.09. The van der Waals surface area contributed by atoms with Crippen LogP contribution in [0.1, 0.15) is 22.9 Å². The van der Waals surface area contributed by atoms with Crippen molar-refractivity contribution in [3.63, 3.8) is 0 Å². The molecule has 7 heteroatoms. The lowest BCUT2D eigenvalue weighted by atomic mass is 9.76. The van der Waals surface area contributed by atoms with Gasteiger partial charge >= 0.3 is 5.97 Å². The number of carboxylic acid groups (broad SMARTS) is 1. The fourth-order valence-corrected chi connectivity index (χ4v) is 6.78. The molecule has 2 aliphatic heterocycles. The highest BCUT2D eigenvalue weighted by Gasteiger charge is 2.68. The third kappa shape index (κ3) is 4.58. The van der Waals surface area contributed by atoms with Crippen LogP contribution in [0.15, 0.2) is 121 Å². The molecule has 3 heterocycles. The molecule has 2 saturated heterocycles. The van der Waals surface area contributed by atoms with Crippen LogP contribution in [0.5, 0.6) is 0 Å². The van der Waals surface area contributed by atoms with E-state index in [1.807, 2.05) is 97.1 Å². The van der Waals surface area contributed by atoms with Crippen LogP contribution >= 0.6 is 0 Å². The largest absolute Gasteiger partial charge is 0.480 e. The van der Waals surface area contributed by atoms with Crippen molar-refractivity contribution >= 4 is 28.6 Å². The SMILES string of the molecule is O=C1C2C(c3ccc(-c4ccccc4)cc3)NC(Cc3ccc4ccccc4c3)(C(=O)O)C2C(=O)N1Cc1ccccn1. The van der Waals surface area contributed by atoms with Crippen molar-refractivity contribution < 1.29 is 19.5 Å². The Balaban J connectivity index is 1.31. The maximum absolute atomic E-state index is 14.1. The summed E-state index contributed by atoms with van der Waals surface area (Å²) in [5, 5.41) is 16.2. The van der Waals surface area contributed by atoms with Gasteiger partial charge in [0.05, 0.1) is 24.1 Å². The van der Waals surface area contributed by atoms with Crippen LogP contribution in [0, 0.1) is 11.8 Å². The Bertz CT molecular complexity index is 1840. The molecule has 0 radical (unpaired) electrons. The first-order valence-corrected chi connectivity index (χ1v) is 14.3. The molecular formula is C36H29N3O4. The number of carbonyl (C=O) groups is 3. The van der Waals surface area contributed by atoms with Gasteiger partial charge in [0.2, 0.25) is 11.8 Å². The second-order valence-electron chi connectivity index (χ2n) is 11.3. The van der Waals surface area contributed by atoms with Gasteiger partial charge in [0.25, 0.3) is 0 Å². The summed E-state index contributed by atoms with van der Waals surface area (Å²) < 4.78 is 0. The van der Waals surface area contributed by atoms with E-state index in [0.29, 0.717) is 5.69 Å². The molecule has 4 aromatic carbocycles. The van der Waals surface area contributed by atoms with Crippen molar-refractivity contribution in [1.29, 1.82) is 0 Å². The minimum Gasteiger partial charge on any atom is -0.480 e. The Kier molecular flexibility index (Phi) is 6.59. The smallest absolute Gasteiger partial charge is 0.325 e. The van der Waals surface area contributed by atoms with Crippen molar-refractivity contribution in [1.82, 2.24) is 15.2 Å². The van der Waals surface area contributed by atoms with E-state index >= 15 is 0 Å². The minimum absolute atomic E-state index is 0.00313. The molecule has 2 aliphatic rings. The van der Waals surface area contributed by atoms with E-state index in [9.17, 15) is 19.5 Å². The van der Waals surface area contributed by atoms with Crippen molar-refractivity contribution in [2.75, 3.05) is 0 Å². The van der Waals surface area contributed by atoms with Gasteiger partial charge in [0.1, 0.15) is 5.54 Å². The van der Waals surface area contributed by atoms with Crippen LogP contribution in [0.3, 0.4) is 0 Å². The second-order valence-corrected chi connectivity index (χ2v) is 11.3. The molecule has 2 N–H and O–H groups in total. The summed E-state index contributed by atoms with van der Waals surface area (Å²) in [5.74, 6) is -3.99. The lowest BCUT2D eigenvalue weighted by Gasteiger charge is -2.31. The molecule has 0 bridgehead atoms. The van der Waals surface area contributed by atoms with Gasteiger partial charge in [-0.25, -0.2) is 0 Å². The van der Waals surface area contributed by atoms with Gasteiger partial charge in [0, 0.05) is 18.7 Å². The summed E-state index contributed by atoms with van der Waals surface area (Å²) in [6.45, 7) is -0.00313. The summed E-state index contributed by atoms with van der Waals surface area (Å²) in [7, 11) is 0. The number of hydrogen-bond acceptors (Lipinski definition) is 5. The van der Waals surface area contributed by atoms with Crippen LogP contribution in [-0.4, -0.2) is 38.3 Å². The van der Waals surface area contributed by atoms with Crippen LogP contribution in [0.2, 0.25) is 0 Å². The Morgan fingerprint density at radius 1 is 0.791 bits per heavy atom. The predicted octanol–water partition coefficient (Wildman–Crippen LogP) is 5.41. The number of aromatic nitrogens is 1. The number of imide groups is 1. The quantitative estimate of drug-likeness (QED) is 0.255. The number of amides is 2. The van der Waals surface area contributed by atoms with Gasteiger partial charge in [0.15, 0.2) is 0 Å². The molecular weight excluding hydrogens is 538 g/mol. The monoisotopic (exact) mass is 567 g/mol. The zero-order valence-corrected chi connectivity index (χ0v) is 23.3. The van der Waals surface area contributed by atoms with Gasteiger partial charge in [-0.1, -0.05) is 103 Å². The normalized spacial score (nSPS) is 23.1. The van der Waals surface area contributed by atoms with Crippen LogP contribution in [0.25, 0.3) is 21.9 Å². The summed E-state index contributed by atoms with van der Waals surface area (Å²) in [6, 6.07) is 36.1. The van der Waals surface area contributed by atoms with Gasteiger partial charge in [-0.3, -0.25) is 29.6 Å². The summed E-state index contributed by atoms with van der Waals surface area (Å²) in [4.78, 5) is 47.0. The Labute approximate surface area is 248 Å². The molecule has 2 fully saturated rings. The zero-order chi connectivity index (χ0) is 29.6. The number of carbonyl (C=O) groups excluding carboxylic acids is 2. The molecule has 0 saturated carbocycles. The van der Waals surface area contributed by atoms with Crippen molar-refractivity contribution in [2.24, 2.45) is 11.8 Å². The number of hydrogen-bond donors (Lipinski definition) is 2. The average Bonchev–Trinajstić information content (AvgIpc) is 3.51. The summed E-state index contributed by atoms with van der Waals surface area (Å²) in [6.07, 6.45) is 1.66. The predicted molar refractivity (Wildman–Crippen MR) is 163 cm³/mol. The number of pyridine rings is 1. The van der Waals surface area contributed by atoms with Gasteiger partial charge in [-0.05, 0) is 45.2 Å². The molecule has 2 amide bonds. The molecule has 1 aromatic heterocycles. The number of likely N-dealkylation sites (tertiary alicyclic amines) is 1. The lowest BCUT2D eigenvalue weighted by Crippen LogP contribution is -2.57. The van der Waals surface area contributed by atoms with Gasteiger partial charge in [-0.15, -0.1) is 0 Å². The third-order valence-corrected chi connectivity index (χ3v) is 8.85. The molecule has 4 unspecified atom stereocenters. The number of nitrogens with zero attached hydrogens (tertiary/aromatic N) is 2. The minimum atomic E-state index is -1.69. The number of aliphatic carboxylic acids is 1. The van der Waals surface area contributed by atoms with E-state index in [4.69, 9.17) is 0 Å². The highest BCUT2D eigenvalue weighted by Crippen LogP contribution is 2.50. The van der Waals surface area contributed by atoms with Crippen LogP contribution < -0.4 is 5.32 Å². The topological polar surface area (TPSA) is 99.6 Å². The number of nitrogens with one attached hydrogen (secondary N) is 1. The van der Waals surface area contributed by atoms with Crippen LogP contribution in [0.4, 0.5) is 0 Å². The lowest BCUT2D eigenvalue weighted by molar-refractivity contribution is -0.151. The standard InChI is InChI=1S/C36H29N3O4/c40-33-30-31(34(41)39(33)22-29-12-6-7-19-37-29)36(35(42)43,21-23-13-14-25-10-4-5-11-28(25)20-23)38-32(30)27-17-15-26(16-18-27)24-8-2-1-3-9-24/h1-20,30-32,38H,21-22H2,(H,42,43). The summed E-state index contributed by atoms with van der Waals surface area (Å²) in [5.41, 5.74) is 2.47. The van der Waals surface area contributed by atoms with E-state index in [0.717, 1.165) is 33.0 Å². The zero-order valence-electron chi connectivity index (χ0n) is 23.3. The van der Waals surface area contributed by atoms with Gasteiger partial charge < -0.3 is 5.11 Å². The molecule has 7 nitrogen and oxygen atoms in total. The molecule has 43 heavy (non-hydrogen) atoms. The molecule has 5 aromatic rings. The van der Waals surface area contributed by atoms with E-state index in [-0.39, 0.29) is 18.9 Å². The fourth-order valence-electron chi connectivity index (χ4n) is 6.78. The Hall–Kier alpha value is -5.14. The molecule has 4 atom stereocenters. The van der Waals surface area contributed by atoms with Crippen molar-refractivity contribution in [3.05, 3.63) is 138 Å². The number of benzene rings is 4. The maximum Gasteiger partial charge on any atom is 0.325 e. The van der Waals surface area contributed by atoms with E-state index in [1.165, 1.54) is 4.90 Å². The number of carboxylic acids is 1. The average molecular weight is 568 g/mol. The Morgan fingerprint density at radius 2 is 1.49 bits per heavy atom. The maximum atomic E-state index is 14.1. The number of fused-ring (bicyclic) bond motifs is 2. The number of rotatable bonds is 7. The fraction of sp³-hybridized carbons (Fsp3) is 0.167.